The van der Waals surface area contributed by atoms with Gasteiger partial charge < -0.3 is 5.73 Å². The molecule has 0 fully saturated rings. The Morgan fingerprint density at radius 1 is 1.00 bits per heavy atom. The maximum atomic E-state index is 12.1. The Hall–Kier alpha value is -1.53. The van der Waals surface area contributed by atoms with E-state index in [9.17, 15) is 8.42 Å². The lowest BCUT2D eigenvalue weighted by Crippen LogP contribution is -2.14. The summed E-state index contributed by atoms with van der Waals surface area (Å²) >= 11 is 3.28. The molecule has 6 heteroatoms. The van der Waals surface area contributed by atoms with E-state index < -0.39 is 10.0 Å². The molecular formula is C12H11BrN2O2S. The summed E-state index contributed by atoms with van der Waals surface area (Å²) in [5.74, 6) is 0. The van der Waals surface area contributed by atoms with Crippen LogP contribution in [0.5, 0.6) is 0 Å². The minimum Gasteiger partial charge on any atom is -0.398 e. The number of sulfonamides is 1. The highest BCUT2D eigenvalue weighted by Crippen LogP contribution is 2.22. The first kappa shape index (κ1) is 12.9. The van der Waals surface area contributed by atoms with Gasteiger partial charge in [-0.2, -0.15) is 0 Å². The number of para-hydroxylation sites is 1. The molecule has 0 spiro atoms. The SMILES string of the molecule is Nc1ccccc1S(=O)(=O)Nc1ccc(Br)cc1. The molecule has 18 heavy (non-hydrogen) atoms. The van der Waals surface area contributed by atoms with Gasteiger partial charge in [-0.05, 0) is 36.4 Å². The van der Waals surface area contributed by atoms with Crippen LogP contribution in [0.3, 0.4) is 0 Å². The monoisotopic (exact) mass is 326 g/mol. The molecule has 0 aliphatic rings. The molecule has 0 bridgehead atoms. The van der Waals surface area contributed by atoms with Crippen LogP contribution >= 0.6 is 15.9 Å². The summed E-state index contributed by atoms with van der Waals surface area (Å²) in [4.78, 5) is 0.0768. The van der Waals surface area contributed by atoms with Crippen molar-refractivity contribution in [2.45, 2.75) is 4.90 Å². The smallest absolute Gasteiger partial charge is 0.263 e. The van der Waals surface area contributed by atoms with Crippen molar-refractivity contribution in [3.05, 3.63) is 53.0 Å². The summed E-state index contributed by atoms with van der Waals surface area (Å²) in [6, 6.07) is 13.2. The van der Waals surface area contributed by atoms with Gasteiger partial charge in [0, 0.05) is 10.2 Å². The van der Waals surface area contributed by atoms with Gasteiger partial charge in [-0.15, -0.1) is 0 Å². The van der Waals surface area contributed by atoms with Gasteiger partial charge >= 0.3 is 0 Å². The van der Waals surface area contributed by atoms with Crippen LogP contribution in [0.15, 0.2) is 57.9 Å². The van der Waals surface area contributed by atoms with Gasteiger partial charge in [0.15, 0.2) is 0 Å². The molecule has 0 aliphatic carbocycles. The highest BCUT2D eigenvalue weighted by molar-refractivity contribution is 9.10. The number of nitrogen functional groups attached to an aromatic ring is 1. The standard InChI is InChI=1S/C12H11BrN2O2S/c13-9-5-7-10(8-6-9)15-18(16,17)12-4-2-1-3-11(12)14/h1-8,15H,14H2. The van der Waals surface area contributed by atoms with Crippen molar-refractivity contribution in [1.82, 2.24) is 0 Å². The van der Waals surface area contributed by atoms with Gasteiger partial charge in [0.1, 0.15) is 4.90 Å². The Kier molecular flexibility index (Phi) is 3.58. The fourth-order valence-corrected chi connectivity index (χ4v) is 2.91. The van der Waals surface area contributed by atoms with Gasteiger partial charge in [0.25, 0.3) is 10.0 Å². The zero-order valence-corrected chi connectivity index (χ0v) is 11.7. The van der Waals surface area contributed by atoms with E-state index in [0.29, 0.717) is 5.69 Å². The third kappa shape index (κ3) is 2.83. The van der Waals surface area contributed by atoms with Crippen LogP contribution in [0.2, 0.25) is 0 Å². The van der Waals surface area contributed by atoms with Gasteiger partial charge in [0.05, 0.1) is 5.69 Å². The Bertz CT molecular complexity index is 654. The van der Waals surface area contributed by atoms with Crippen LogP contribution in [0.1, 0.15) is 0 Å². The van der Waals surface area contributed by atoms with Crippen molar-refractivity contribution in [2.24, 2.45) is 0 Å². The lowest BCUT2D eigenvalue weighted by atomic mass is 10.3. The van der Waals surface area contributed by atoms with Gasteiger partial charge in [-0.25, -0.2) is 8.42 Å². The Morgan fingerprint density at radius 2 is 1.61 bits per heavy atom. The average Bonchev–Trinajstić information content (AvgIpc) is 2.32. The summed E-state index contributed by atoms with van der Waals surface area (Å²) in [6.07, 6.45) is 0. The van der Waals surface area contributed by atoms with E-state index in [1.165, 1.54) is 6.07 Å². The molecule has 0 saturated heterocycles. The number of hydrogen-bond acceptors (Lipinski definition) is 3. The van der Waals surface area contributed by atoms with Crippen LogP contribution in [-0.2, 0) is 10.0 Å². The molecule has 0 radical (unpaired) electrons. The van der Waals surface area contributed by atoms with Gasteiger partial charge in [-0.1, -0.05) is 28.1 Å². The van der Waals surface area contributed by atoms with E-state index in [1.807, 2.05) is 0 Å². The average molecular weight is 327 g/mol. The maximum Gasteiger partial charge on any atom is 0.263 e. The number of hydrogen-bond donors (Lipinski definition) is 2. The van der Waals surface area contributed by atoms with E-state index in [0.717, 1.165) is 4.47 Å². The minimum absolute atomic E-state index is 0.0768. The summed E-state index contributed by atoms with van der Waals surface area (Å²) in [6.45, 7) is 0. The topological polar surface area (TPSA) is 72.2 Å². The molecule has 0 amide bonds. The largest absolute Gasteiger partial charge is 0.398 e. The van der Waals surface area contributed by atoms with Crippen LogP contribution in [0.4, 0.5) is 11.4 Å². The number of nitrogens with one attached hydrogen (secondary N) is 1. The van der Waals surface area contributed by atoms with Crippen molar-refractivity contribution >= 4 is 37.3 Å². The molecule has 0 saturated carbocycles. The molecule has 0 atom stereocenters. The van der Waals surface area contributed by atoms with Crippen LogP contribution < -0.4 is 10.5 Å². The zero-order chi connectivity index (χ0) is 13.2. The quantitative estimate of drug-likeness (QED) is 0.852. The summed E-state index contributed by atoms with van der Waals surface area (Å²) in [7, 11) is -3.65. The van der Waals surface area contributed by atoms with Crippen molar-refractivity contribution in [3.63, 3.8) is 0 Å². The van der Waals surface area contributed by atoms with Crippen molar-refractivity contribution in [3.8, 4) is 0 Å². The third-order valence-corrected chi connectivity index (χ3v) is 4.29. The van der Waals surface area contributed by atoms with Gasteiger partial charge in [0.2, 0.25) is 0 Å². The molecule has 0 heterocycles. The minimum atomic E-state index is -3.65. The van der Waals surface area contributed by atoms with Crippen LogP contribution in [0.25, 0.3) is 0 Å². The second-order valence-electron chi connectivity index (χ2n) is 3.65. The molecule has 2 aromatic carbocycles. The van der Waals surface area contributed by atoms with Crippen molar-refractivity contribution < 1.29 is 8.42 Å². The van der Waals surface area contributed by atoms with E-state index in [2.05, 4.69) is 20.7 Å². The predicted molar refractivity (Wildman–Crippen MR) is 75.8 cm³/mol. The van der Waals surface area contributed by atoms with Gasteiger partial charge in [-0.3, -0.25) is 4.72 Å². The van der Waals surface area contributed by atoms with Crippen molar-refractivity contribution in [2.75, 3.05) is 10.5 Å². The molecule has 0 aliphatic heterocycles. The summed E-state index contributed by atoms with van der Waals surface area (Å²) in [5, 5.41) is 0. The first-order valence-corrected chi connectivity index (χ1v) is 7.39. The second kappa shape index (κ2) is 4.99. The summed E-state index contributed by atoms with van der Waals surface area (Å²) < 4.78 is 27.6. The first-order valence-electron chi connectivity index (χ1n) is 5.12. The molecule has 0 aromatic heterocycles. The molecule has 0 unspecified atom stereocenters. The first-order chi connectivity index (χ1) is 8.49. The number of rotatable bonds is 3. The number of halogens is 1. The van der Waals surface area contributed by atoms with Crippen molar-refractivity contribution in [1.29, 1.82) is 0 Å². The highest BCUT2D eigenvalue weighted by Gasteiger charge is 2.16. The predicted octanol–water partition coefficient (Wildman–Crippen LogP) is 2.83. The lowest BCUT2D eigenvalue weighted by molar-refractivity contribution is 0.601. The Balaban J connectivity index is 2.33. The fourth-order valence-electron chi connectivity index (χ4n) is 1.45. The van der Waals surface area contributed by atoms with Crippen LogP contribution in [-0.4, -0.2) is 8.42 Å². The third-order valence-electron chi connectivity index (χ3n) is 2.30. The second-order valence-corrected chi connectivity index (χ2v) is 6.22. The molecule has 4 nitrogen and oxygen atoms in total. The van der Waals surface area contributed by atoms with E-state index in [4.69, 9.17) is 5.73 Å². The highest BCUT2D eigenvalue weighted by atomic mass is 79.9. The number of anilines is 2. The zero-order valence-electron chi connectivity index (χ0n) is 9.30. The molecule has 2 aromatic rings. The Labute approximate surface area is 114 Å². The summed E-state index contributed by atoms with van der Waals surface area (Å²) in [5.41, 5.74) is 6.37. The van der Waals surface area contributed by atoms with Crippen LogP contribution in [0, 0.1) is 0 Å². The molecule has 2 rings (SSSR count). The van der Waals surface area contributed by atoms with E-state index in [1.54, 1.807) is 42.5 Å². The molecule has 94 valence electrons. The molecular weight excluding hydrogens is 316 g/mol. The number of nitrogens with two attached hydrogens (primary N) is 1. The maximum absolute atomic E-state index is 12.1. The lowest BCUT2D eigenvalue weighted by Gasteiger charge is -2.09. The molecule has 3 N–H and O–H groups in total. The Morgan fingerprint density at radius 3 is 2.22 bits per heavy atom. The van der Waals surface area contributed by atoms with E-state index in [-0.39, 0.29) is 10.6 Å². The normalized spacial score (nSPS) is 11.2. The number of benzene rings is 2. The van der Waals surface area contributed by atoms with E-state index >= 15 is 0 Å². The fraction of sp³-hybridized carbons (Fsp3) is 0.